The highest BCUT2D eigenvalue weighted by Crippen LogP contribution is 2.65. The van der Waals surface area contributed by atoms with Gasteiger partial charge in [-0.25, -0.2) is 0 Å². The maximum Gasteiger partial charge on any atom is 0.159 e. The third-order valence-electron chi connectivity index (χ3n) is 16.8. The van der Waals surface area contributed by atoms with Gasteiger partial charge in [0, 0.05) is 44.6 Å². The van der Waals surface area contributed by atoms with Crippen LogP contribution in [0.1, 0.15) is 111 Å². The van der Waals surface area contributed by atoms with Gasteiger partial charge in [0.05, 0.1) is 39.8 Å². The zero-order chi connectivity index (χ0) is 50.6. The molecule has 0 fully saturated rings. The maximum atomic E-state index is 7.02. The second-order valence-electron chi connectivity index (χ2n) is 23.9. The molecule has 9 aromatic carbocycles. The van der Waals surface area contributed by atoms with Gasteiger partial charge < -0.3 is 19.1 Å². The van der Waals surface area contributed by atoms with Gasteiger partial charge in [0.1, 0.15) is 5.58 Å². The summed E-state index contributed by atoms with van der Waals surface area (Å²) in [6.45, 7) is 21.0. The smallest absolute Gasteiger partial charge is 0.159 e. The Bertz CT molecular complexity index is 3990. The molecule has 4 nitrogen and oxygen atoms in total. The lowest BCUT2D eigenvalue weighted by atomic mass is 9.69. The number of allylic oxidation sites excluding steroid dienone is 1. The molecule has 0 radical (unpaired) electrons. The quantitative estimate of drug-likeness (QED) is 0.175. The fraction of sp³-hybridized carbons (Fsp3) is 0.200. The van der Waals surface area contributed by atoms with Gasteiger partial charge in [0.2, 0.25) is 0 Å². The topological polar surface area (TPSA) is 22.9 Å². The molecule has 0 bridgehead atoms. The molecule has 1 unspecified atom stereocenters. The van der Waals surface area contributed by atoms with E-state index in [4.69, 9.17) is 4.42 Å². The van der Waals surface area contributed by atoms with Gasteiger partial charge in [-0.15, -0.1) is 0 Å². The van der Waals surface area contributed by atoms with Crippen LogP contribution in [0.5, 0.6) is 0 Å². The van der Waals surface area contributed by atoms with E-state index in [2.05, 4.69) is 265 Å². The minimum Gasteiger partial charge on any atom is -0.454 e. The summed E-state index contributed by atoms with van der Waals surface area (Å²) in [5, 5.41) is 2.24. The van der Waals surface area contributed by atoms with Gasteiger partial charge in [-0.05, 0) is 153 Å². The predicted octanol–water partition coefficient (Wildman–Crippen LogP) is 19.3. The average Bonchev–Trinajstić information content (AvgIpc) is 4.00. The first-order chi connectivity index (χ1) is 35.6. The molecule has 10 aromatic rings. The first-order valence-corrected chi connectivity index (χ1v) is 26.5. The summed E-state index contributed by atoms with van der Waals surface area (Å²) >= 11 is 0. The van der Waals surface area contributed by atoms with Crippen molar-refractivity contribution in [1.29, 1.82) is 0 Å². The molecule has 3 aliphatic heterocycles. The lowest BCUT2D eigenvalue weighted by Gasteiger charge is -2.48. The molecular formula is C70H61N3O. The molecule has 0 spiro atoms. The van der Waals surface area contributed by atoms with Crippen molar-refractivity contribution < 1.29 is 4.42 Å². The Morgan fingerprint density at radius 1 is 0.486 bits per heavy atom. The number of anilines is 8. The van der Waals surface area contributed by atoms with Crippen molar-refractivity contribution >= 4 is 73.1 Å². The third kappa shape index (κ3) is 6.53. The average molecular weight is 960 g/mol. The van der Waals surface area contributed by atoms with Gasteiger partial charge in [-0.3, -0.25) is 0 Å². The second kappa shape index (κ2) is 15.7. The molecule has 0 N–H and O–H groups in total. The van der Waals surface area contributed by atoms with E-state index in [9.17, 15) is 0 Å². The standard InChI is InChI=1S/C70H61N3O/c1-42-36-61-65-62(37-42)73(58-24-17-21-51-50-20-13-16-25-63(50)74-67(51)58)59-41-60-56(70(8,9)55-22-14-15-23-57(55)71(60)48-18-11-10-12-19-48)40-53(59)64(65)54-38-45-28-33-47(69(5,6)7)39-52(45)66(54)72(61)49-34-29-44(30-35-49)43-26-31-46(32-27-43)68(2,3)4/h10-37,39-41,64H,38H2,1-9H3. The highest BCUT2D eigenvalue weighted by molar-refractivity contribution is 6.12. The molecule has 4 heteroatoms. The molecule has 1 aliphatic carbocycles. The summed E-state index contributed by atoms with van der Waals surface area (Å²) in [5.41, 5.74) is 28.0. The Morgan fingerprint density at radius 3 is 1.85 bits per heavy atom. The zero-order valence-corrected chi connectivity index (χ0v) is 43.9. The monoisotopic (exact) mass is 959 g/mol. The number of fused-ring (bicyclic) bond motifs is 10. The maximum absolute atomic E-state index is 7.02. The fourth-order valence-corrected chi connectivity index (χ4v) is 13.0. The second-order valence-corrected chi connectivity index (χ2v) is 23.9. The van der Waals surface area contributed by atoms with E-state index < -0.39 is 0 Å². The van der Waals surface area contributed by atoms with Gasteiger partial charge >= 0.3 is 0 Å². The highest BCUT2D eigenvalue weighted by atomic mass is 16.3. The van der Waals surface area contributed by atoms with E-state index >= 15 is 0 Å². The van der Waals surface area contributed by atoms with Crippen molar-refractivity contribution in [2.45, 2.75) is 90.9 Å². The van der Waals surface area contributed by atoms with Crippen molar-refractivity contribution in [2.75, 3.05) is 14.7 Å². The first kappa shape index (κ1) is 44.6. The van der Waals surface area contributed by atoms with Gasteiger partial charge in [-0.1, -0.05) is 171 Å². The van der Waals surface area contributed by atoms with E-state index in [1.165, 1.54) is 101 Å². The van der Waals surface area contributed by atoms with Crippen LogP contribution in [0.15, 0.2) is 198 Å². The SMILES string of the molecule is Cc1cc2c3c(c1)N(c1cccc4c1oc1ccccc14)c1cc4c(cc1C3C1=C(c3cc(C(C)(C)C)ccc3C1)N2c1ccc(-c2ccc(C(C)(C)C)cc2)cc1)C(C)(C)c1ccccc1N4c1ccccc1. The Kier molecular flexibility index (Phi) is 9.47. The number of hydrogen-bond donors (Lipinski definition) is 0. The van der Waals surface area contributed by atoms with Crippen LogP contribution in [0.4, 0.5) is 45.5 Å². The van der Waals surface area contributed by atoms with E-state index in [1.54, 1.807) is 0 Å². The number of benzene rings is 9. The van der Waals surface area contributed by atoms with E-state index in [-0.39, 0.29) is 22.2 Å². The van der Waals surface area contributed by atoms with E-state index in [0.29, 0.717) is 0 Å². The number of para-hydroxylation sites is 4. The number of hydrogen-bond acceptors (Lipinski definition) is 4. The van der Waals surface area contributed by atoms with E-state index in [0.717, 1.165) is 45.4 Å². The number of aryl methyl sites for hydroxylation is 1. The summed E-state index contributed by atoms with van der Waals surface area (Å²) in [4.78, 5) is 7.69. The van der Waals surface area contributed by atoms with Crippen LogP contribution in [0.3, 0.4) is 0 Å². The van der Waals surface area contributed by atoms with Crippen molar-refractivity contribution in [3.05, 3.63) is 244 Å². The molecule has 1 atom stereocenters. The zero-order valence-electron chi connectivity index (χ0n) is 43.9. The lowest BCUT2D eigenvalue weighted by molar-refractivity contribution is 0.590. The molecule has 4 aliphatic rings. The van der Waals surface area contributed by atoms with Crippen LogP contribution in [0.25, 0.3) is 38.8 Å². The highest BCUT2D eigenvalue weighted by Gasteiger charge is 2.48. The molecule has 0 saturated heterocycles. The molecule has 14 rings (SSSR count). The third-order valence-corrected chi connectivity index (χ3v) is 16.8. The minimum absolute atomic E-state index is 0.0229. The van der Waals surface area contributed by atoms with Gasteiger partial charge in [0.15, 0.2) is 5.58 Å². The summed E-state index contributed by atoms with van der Waals surface area (Å²) in [6.07, 6.45) is 0.860. The summed E-state index contributed by atoms with van der Waals surface area (Å²) < 4.78 is 7.02. The molecule has 1 aromatic heterocycles. The Balaban J connectivity index is 1.07. The van der Waals surface area contributed by atoms with Crippen LogP contribution >= 0.6 is 0 Å². The van der Waals surface area contributed by atoms with Crippen LogP contribution in [0, 0.1) is 6.92 Å². The lowest BCUT2D eigenvalue weighted by Crippen LogP contribution is -2.34. The molecule has 0 amide bonds. The van der Waals surface area contributed by atoms with E-state index in [1.807, 2.05) is 0 Å². The molecular weight excluding hydrogens is 899 g/mol. The van der Waals surface area contributed by atoms with Crippen LogP contribution in [0.2, 0.25) is 0 Å². The van der Waals surface area contributed by atoms with Crippen molar-refractivity contribution in [1.82, 2.24) is 0 Å². The Morgan fingerprint density at radius 2 is 1.11 bits per heavy atom. The first-order valence-electron chi connectivity index (χ1n) is 26.5. The molecule has 4 heterocycles. The van der Waals surface area contributed by atoms with Crippen LogP contribution in [-0.2, 0) is 22.7 Å². The van der Waals surface area contributed by atoms with Crippen LogP contribution < -0.4 is 14.7 Å². The largest absolute Gasteiger partial charge is 0.454 e. The van der Waals surface area contributed by atoms with Crippen LogP contribution in [-0.4, -0.2) is 0 Å². The summed E-state index contributed by atoms with van der Waals surface area (Å²) in [7, 11) is 0. The Labute approximate surface area is 435 Å². The Hall–Kier alpha value is -8.08. The molecule has 362 valence electrons. The van der Waals surface area contributed by atoms with Crippen molar-refractivity contribution in [2.24, 2.45) is 0 Å². The fourth-order valence-electron chi connectivity index (χ4n) is 13.0. The molecule has 74 heavy (non-hydrogen) atoms. The summed E-state index contributed by atoms with van der Waals surface area (Å²) in [5.74, 6) is -0.0255. The van der Waals surface area contributed by atoms with Crippen molar-refractivity contribution in [3.63, 3.8) is 0 Å². The summed E-state index contributed by atoms with van der Waals surface area (Å²) in [6, 6.07) is 71.0. The minimum atomic E-state index is -0.306. The van der Waals surface area contributed by atoms with Gasteiger partial charge in [-0.2, -0.15) is 0 Å². The van der Waals surface area contributed by atoms with Gasteiger partial charge in [0.25, 0.3) is 0 Å². The predicted molar refractivity (Wildman–Crippen MR) is 310 cm³/mol. The van der Waals surface area contributed by atoms with Crippen molar-refractivity contribution in [3.8, 4) is 11.1 Å². The number of furan rings is 1. The number of nitrogens with zero attached hydrogens (tertiary/aromatic N) is 3. The number of rotatable bonds is 4. The molecule has 0 saturated carbocycles. The normalized spacial score (nSPS) is 16.2.